The number of esters is 1. The molecule has 0 atom stereocenters. The zero-order valence-corrected chi connectivity index (χ0v) is 12.1. The highest BCUT2D eigenvalue weighted by atomic mass is 16.5. The second-order valence-electron chi connectivity index (χ2n) is 4.29. The summed E-state index contributed by atoms with van der Waals surface area (Å²) in [6.07, 6.45) is -0.0912. The molecule has 0 heterocycles. The lowest BCUT2D eigenvalue weighted by molar-refractivity contribution is -0.141. The number of amides is 1. The Bertz CT molecular complexity index is 579. The van der Waals surface area contributed by atoms with E-state index >= 15 is 0 Å². The fraction of sp³-hybridized carbons (Fsp3) is 0.312. The van der Waals surface area contributed by atoms with Gasteiger partial charge in [-0.15, -0.1) is 0 Å². The predicted molar refractivity (Wildman–Crippen MR) is 78.5 cm³/mol. The number of hydrogen-bond donors (Lipinski definition) is 1. The smallest absolute Gasteiger partial charge is 0.317 e. The molecule has 0 aliphatic carbocycles. The molecule has 1 amide bonds. The summed E-state index contributed by atoms with van der Waals surface area (Å²) in [6, 6.07) is 6.82. The van der Waals surface area contributed by atoms with Crippen molar-refractivity contribution >= 4 is 23.3 Å². The van der Waals surface area contributed by atoms with Gasteiger partial charge in [0.25, 0.3) is 0 Å². The van der Waals surface area contributed by atoms with Gasteiger partial charge in [-0.25, -0.2) is 0 Å². The van der Waals surface area contributed by atoms with Crippen molar-refractivity contribution < 1.29 is 19.1 Å². The monoisotopic (exact) mass is 287 g/mol. The zero-order valence-electron chi connectivity index (χ0n) is 12.1. The van der Waals surface area contributed by atoms with E-state index in [1.165, 1.54) is 6.92 Å². The van der Waals surface area contributed by atoms with Gasteiger partial charge in [-0.1, -0.05) is 11.8 Å². The summed E-state index contributed by atoms with van der Waals surface area (Å²) < 4.78 is 4.76. The van der Waals surface area contributed by atoms with E-state index in [2.05, 4.69) is 17.2 Å². The lowest BCUT2D eigenvalue weighted by atomic mass is 10.2. The van der Waals surface area contributed by atoms with Crippen LogP contribution in [-0.4, -0.2) is 24.3 Å². The molecule has 0 fully saturated rings. The number of anilines is 1. The normalized spacial score (nSPS) is 9.24. The van der Waals surface area contributed by atoms with Gasteiger partial charge in [-0.05, 0) is 38.1 Å². The Morgan fingerprint density at radius 2 is 1.86 bits per heavy atom. The fourth-order valence-corrected chi connectivity index (χ4v) is 1.50. The van der Waals surface area contributed by atoms with Crippen molar-refractivity contribution in [3.05, 3.63) is 29.8 Å². The minimum absolute atomic E-state index is 0.0466. The average molecular weight is 287 g/mol. The summed E-state index contributed by atoms with van der Waals surface area (Å²) >= 11 is 0. The number of ether oxygens (including phenoxy) is 1. The van der Waals surface area contributed by atoms with Crippen LogP contribution in [0.3, 0.4) is 0 Å². The first-order valence-corrected chi connectivity index (χ1v) is 6.55. The van der Waals surface area contributed by atoms with Crippen LogP contribution in [0.15, 0.2) is 24.3 Å². The first kappa shape index (κ1) is 16.4. The van der Waals surface area contributed by atoms with E-state index in [1.807, 2.05) is 0 Å². The highest BCUT2D eigenvalue weighted by molar-refractivity contribution is 6.03. The number of carbonyl (C=O) groups excluding carboxylic acids is 3. The van der Waals surface area contributed by atoms with Gasteiger partial charge >= 0.3 is 5.97 Å². The second kappa shape index (κ2) is 8.54. The highest BCUT2D eigenvalue weighted by Crippen LogP contribution is 2.09. The first-order valence-electron chi connectivity index (χ1n) is 6.55. The quantitative estimate of drug-likeness (QED) is 0.510. The van der Waals surface area contributed by atoms with Crippen LogP contribution >= 0.6 is 0 Å². The molecular formula is C16H17NO4. The topological polar surface area (TPSA) is 72.5 Å². The SMILES string of the molecule is CCOC(=O)CC#Cc1ccc(NC(=O)CC(C)=O)cc1. The fourth-order valence-electron chi connectivity index (χ4n) is 1.50. The van der Waals surface area contributed by atoms with Crippen LogP contribution in [-0.2, 0) is 19.1 Å². The minimum Gasteiger partial charge on any atom is -0.465 e. The Morgan fingerprint density at radius 1 is 1.19 bits per heavy atom. The lowest BCUT2D eigenvalue weighted by Gasteiger charge is -2.03. The van der Waals surface area contributed by atoms with Crippen molar-refractivity contribution in [2.75, 3.05) is 11.9 Å². The van der Waals surface area contributed by atoms with Crippen LogP contribution in [0.5, 0.6) is 0 Å². The summed E-state index contributed by atoms with van der Waals surface area (Å²) in [6.45, 7) is 3.45. The van der Waals surface area contributed by atoms with Crippen molar-refractivity contribution in [1.29, 1.82) is 0 Å². The van der Waals surface area contributed by atoms with Crippen LogP contribution < -0.4 is 5.32 Å². The van der Waals surface area contributed by atoms with Crippen LogP contribution in [0, 0.1) is 11.8 Å². The number of rotatable bonds is 5. The molecule has 0 aliphatic rings. The second-order valence-corrected chi connectivity index (χ2v) is 4.29. The molecule has 0 bridgehead atoms. The Hall–Kier alpha value is -2.61. The van der Waals surface area contributed by atoms with Gasteiger partial charge in [0.1, 0.15) is 12.2 Å². The summed E-state index contributed by atoms with van der Waals surface area (Å²) in [5, 5.41) is 2.61. The van der Waals surface area contributed by atoms with Gasteiger partial charge in [0.2, 0.25) is 5.91 Å². The third-order valence-corrected chi connectivity index (χ3v) is 2.35. The standard InChI is InChI=1S/C16H17NO4/c1-3-21-16(20)6-4-5-13-7-9-14(10-8-13)17-15(19)11-12(2)18/h7-10H,3,6,11H2,1-2H3,(H,17,19). The molecule has 0 aliphatic heterocycles. The molecular weight excluding hydrogens is 270 g/mol. The summed E-state index contributed by atoms with van der Waals surface area (Å²) in [4.78, 5) is 33.3. The van der Waals surface area contributed by atoms with Crippen molar-refractivity contribution in [2.45, 2.75) is 26.7 Å². The molecule has 5 nitrogen and oxygen atoms in total. The van der Waals surface area contributed by atoms with Gasteiger partial charge < -0.3 is 10.1 Å². The number of nitrogens with one attached hydrogen (secondary N) is 1. The molecule has 0 aromatic heterocycles. The maximum absolute atomic E-state index is 11.4. The zero-order chi connectivity index (χ0) is 15.7. The maximum Gasteiger partial charge on any atom is 0.317 e. The highest BCUT2D eigenvalue weighted by Gasteiger charge is 2.04. The van der Waals surface area contributed by atoms with Crippen molar-refractivity contribution in [2.24, 2.45) is 0 Å². The number of Topliss-reactive ketones (excluding diaryl/α,β-unsaturated/α-hetero) is 1. The summed E-state index contributed by atoms with van der Waals surface area (Å²) in [7, 11) is 0. The Labute approximate surface area is 123 Å². The molecule has 0 radical (unpaired) electrons. The molecule has 1 aromatic rings. The van der Waals surface area contributed by atoms with E-state index < -0.39 is 0 Å². The van der Waals surface area contributed by atoms with Gasteiger partial charge in [-0.3, -0.25) is 14.4 Å². The third-order valence-electron chi connectivity index (χ3n) is 2.35. The van der Waals surface area contributed by atoms with E-state index in [0.29, 0.717) is 12.3 Å². The molecule has 1 rings (SSSR count). The number of benzene rings is 1. The summed E-state index contributed by atoms with van der Waals surface area (Å²) in [5.74, 6) is 4.67. The average Bonchev–Trinajstić information content (AvgIpc) is 2.40. The largest absolute Gasteiger partial charge is 0.465 e. The first-order chi connectivity index (χ1) is 10.0. The predicted octanol–water partition coefficient (Wildman–Crippen LogP) is 1.91. The summed E-state index contributed by atoms with van der Waals surface area (Å²) in [5.41, 5.74) is 1.32. The maximum atomic E-state index is 11.4. The lowest BCUT2D eigenvalue weighted by Crippen LogP contribution is -2.14. The molecule has 0 unspecified atom stereocenters. The molecule has 0 spiro atoms. The minimum atomic E-state index is -0.349. The van der Waals surface area contributed by atoms with Gasteiger partial charge in [-0.2, -0.15) is 0 Å². The van der Waals surface area contributed by atoms with E-state index in [1.54, 1.807) is 31.2 Å². The Morgan fingerprint density at radius 3 is 2.43 bits per heavy atom. The Balaban J connectivity index is 2.54. The van der Waals surface area contributed by atoms with Crippen LogP contribution in [0.2, 0.25) is 0 Å². The van der Waals surface area contributed by atoms with E-state index in [4.69, 9.17) is 4.74 Å². The van der Waals surface area contributed by atoms with Crippen LogP contribution in [0.4, 0.5) is 5.69 Å². The van der Waals surface area contributed by atoms with E-state index in [9.17, 15) is 14.4 Å². The molecule has 0 saturated carbocycles. The van der Waals surface area contributed by atoms with Gasteiger partial charge in [0, 0.05) is 11.3 Å². The van der Waals surface area contributed by atoms with Crippen LogP contribution in [0.25, 0.3) is 0 Å². The van der Waals surface area contributed by atoms with E-state index in [-0.39, 0.29) is 30.5 Å². The van der Waals surface area contributed by atoms with Crippen molar-refractivity contribution in [3.63, 3.8) is 0 Å². The number of carbonyl (C=O) groups is 3. The molecule has 0 saturated heterocycles. The van der Waals surface area contributed by atoms with Gasteiger partial charge in [0.05, 0.1) is 13.0 Å². The third kappa shape index (κ3) is 6.92. The van der Waals surface area contributed by atoms with Gasteiger partial charge in [0.15, 0.2) is 0 Å². The molecule has 1 aromatic carbocycles. The molecule has 110 valence electrons. The Kier molecular flexibility index (Phi) is 6.69. The molecule has 5 heteroatoms. The van der Waals surface area contributed by atoms with Crippen molar-refractivity contribution in [3.8, 4) is 11.8 Å². The number of ketones is 1. The number of hydrogen-bond acceptors (Lipinski definition) is 4. The molecule has 21 heavy (non-hydrogen) atoms. The van der Waals surface area contributed by atoms with E-state index in [0.717, 1.165) is 5.56 Å². The van der Waals surface area contributed by atoms with Crippen molar-refractivity contribution in [1.82, 2.24) is 0 Å². The molecule has 1 N–H and O–H groups in total. The van der Waals surface area contributed by atoms with Crippen LogP contribution in [0.1, 0.15) is 32.3 Å².